The van der Waals surface area contributed by atoms with Crippen molar-refractivity contribution < 1.29 is 19.1 Å². The third kappa shape index (κ3) is 4.18. The summed E-state index contributed by atoms with van der Waals surface area (Å²) in [5.41, 5.74) is 2.55. The van der Waals surface area contributed by atoms with E-state index in [9.17, 15) is 9.59 Å². The van der Waals surface area contributed by atoms with Crippen LogP contribution < -0.4 is 10.1 Å². The number of carbonyl (C=O) groups is 2. The summed E-state index contributed by atoms with van der Waals surface area (Å²) in [5, 5.41) is 2.78. The number of amides is 2. The lowest BCUT2D eigenvalue weighted by atomic mass is 10.0. The maximum atomic E-state index is 13.0. The van der Waals surface area contributed by atoms with Crippen LogP contribution in [0.4, 0.5) is 0 Å². The van der Waals surface area contributed by atoms with Crippen LogP contribution in [0, 0.1) is 0 Å². The average Bonchev–Trinajstić information content (AvgIpc) is 3.19. The molecule has 0 saturated heterocycles. The molecule has 0 bridgehead atoms. The second kappa shape index (κ2) is 8.87. The topological polar surface area (TPSA) is 85.7 Å². The van der Waals surface area contributed by atoms with Gasteiger partial charge in [-0.1, -0.05) is 12.1 Å². The zero-order valence-corrected chi connectivity index (χ0v) is 17.5. The standard InChI is InChI=1S/C22H28N4O4/c1-15-21-24-18(22(28)23-7-11-29-2)14-25(21)8-9-26(15)20(27)13-16-5-6-19-17(12-16)4-3-10-30-19/h5-6,12,14-15H,3-4,7-11,13H2,1-2H3,(H,23,28). The fraction of sp³-hybridized carbons (Fsp3) is 0.500. The highest BCUT2D eigenvalue weighted by molar-refractivity contribution is 5.92. The molecule has 160 valence electrons. The highest BCUT2D eigenvalue weighted by atomic mass is 16.5. The summed E-state index contributed by atoms with van der Waals surface area (Å²) in [6, 6.07) is 5.84. The van der Waals surface area contributed by atoms with Gasteiger partial charge in [-0.2, -0.15) is 0 Å². The molecule has 4 rings (SSSR count). The molecule has 0 aliphatic carbocycles. The SMILES string of the molecule is COCCNC(=O)c1cn2c(n1)C(C)N(C(=O)Cc1ccc3c(c1)CCCO3)CC2. The molecule has 8 nitrogen and oxygen atoms in total. The maximum absolute atomic E-state index is 13.0. The summed E-state index contributed by atoms with van der Waals surface area (Å²) in [6.07, 6.45) is 4.11. The smallest absolute Gasteiger partial charge is 0.271 e. The van der Waals surface area contributed by atoms with E-state index in [0.29, 0.717) is 38.4 Å². The van der Waals surface area contributed by atoms with Crippen LogP contribution in [0.3, 0.4) is 0 Å². The highest BCUT2D eigenvalue weighted by Gasteiger charge is 2.30. The van der Waals surface area contributed by atoms with Gasteiger partial charge in [-0.25, -0.2) is 4.98 Å². The van der Waals surface area contributed by atoms with Gasteiger partial charge in [-0.3, -0.25) is 9.59 Å². The lowest BCUT2D eigenvalue weighted by Gasteiger charge is -2.34. The van der Waals surface area contributed by atoms with Crippen molar-refractivity contribution >= 4 is 11.8 Å². The first-order valence-corrected chi connectivity index (χ1v) is 10.4. The molecule has 8 heteroatoms. The van der Waals surface area contributed by atoms with Crippen LogP contribution in [0.5, 0.6) is 5.75 Å². The van der Waals surface area contributed by atoms with Gasteiger partial charge in [-0.15, -0.1) is 0 Å². The number of imidazole rings is 1. The zero-order chi connectivity index (χ0) is 21.1. The van der Waals surface area contributed by atoms with Gasteiger partial charge in [0.25, 0.3) is 5.91 Å². The van der Waals surface area contributed by atoms with Gasteiger partial charge >= 0.3 is 0 Å². The Morgan fingerprint density at radius 2 is 2.20 bits per heavy atom. The van der Waals surface area contributed by atoms with E-state index in [-0.39, 0.29) is 17.9 Å². The second-order valence-corrected chi connectivity index (χ2v) is 7.76. The molecule has 0 spiro atoms. The van der Waals surface area contributed by atoms with Crippen molar-refractivity contribution in [3.8, 4) is 5.75 Å². The predicted octanol–water partition coefficient (Wildman–Crippen LogP) is 1.73. The van der Waals surface area contributed by atoms with Crippen LogP contribution in [0.25, 0.3) is 0 Å². The normalized spacial score (nSPS) is 17.7. The summed E-state index contributed by atoms with van der Waals surface area (Å²) < 4.78 is 12.6. The first-order valence-electron chi connectivity index (χ1n) is 10.4. The van der Waals surface area contributed by atoms with Crippen molar-refractivity contribution in [3.05, 3.63) is 47.0 Å². The molecule has 2 aliphatic heterocycles. The van der Waals surface area contributed by atoms with Crippen LogP contribution >= 0.6 is 0 Å². The minimum Gasteiger partial charge on any atom is -0.493 e. The molecule has 2 aliphatic rings. The van der Waals surface area contributed by atoms with E-state index in [1.807, 2.05) is 28.5 Å². The lowest BCUT2D eigenvalue weighted by molar-refractivity contribution is -0.133. The van der Waals surface area contributed by atoms with Gasteiger partial charge in [0.2, 0.25) is 5.91 Å². The van der Waals surface area contributed by atoms with Gasteiger partial charge < -0.3 is 24.3 Å². The van der Waals surface area contributed by atoms with Crippen LogP contribution in [-0.2, 0) is 28.9 Å². The quantitative estimate of drug-likeness (QED) is 0.731. The van der Waals surface area contributed by atoms with Crippen molar-refractivity contribution in [2.75, 3.05) is 33.4 Å². The van der Waals surface area contributed by atoms with E-state index >= 15 is 0 Å². The van der Waals surface area contributed by atoms with Gasteiger partial charge in [0.05, 0.1) is 25.7 Å². The molecule has 1 unspecified atom stereocenters. The van der Waals surface area contributed by atoms with Crippen molar-refractivity contribution in [2.45, 2.75) is 38.8 Å². The Morgan fingerprint density at radius 1 is 1.33 bits per heavy atom. The van der Waals surface area contributed by atoms with Crippen LogP contribution in [0.2, 0.25) is 0 Å². The van der Waals surface area contributed by atoms with Gasteiger partial charge in [0.15, 0.2) is 0 Å². The van der Waals surface area contributed by atoms with Crippen molar-refractivity contribution in [2.24, 2.45) is 0 Å². The molecular weight excluding hydrogens is 384 g/mol. The minimum absolute atomic E-state index is 0.0690. The van der Waals surface area contributed by atoms with Crippen LogP contribution in [-0.4, -0.2) is 59.7 Å². The first kappa shape index (κ1) is 20.4. The summed E-state index contributed by atoms with van der Waals surface area (Å²) in [7, 11) is 1.59. The number of nitrogens with zero attached hydrogens (tertiary/aromatic N) is 3. The summed E-state index contributed by atoms with van der Waals surface area (Å²) in [6.45, 7) is 4.83. The Hall–Kier alpha value is -2.87. The molecule has 0 radical (unpaired) electrons. The zero-order valence-electron chi connectivity index (χ0n) is 17.5. The molecule has 0 saturated carbocycles. The van der Waals surface area contributed by atoms with E-state index in [1.54, 1.807) is 13.3 Å². The largest absolute Gasteiger partial charge is 0.493 e. The molecule has 1 aromatic carbocycles. The average molecular weight is 412 g/mol. The highest BCUT2D eigenvalue weighted by Crippen LogP contribution is 2.28. The molecule has 1 N–H and O–H groups in total. The molecule has 30 heavy (non-hydrogen) atoms. The van der Waals surface area contributed by atoms with E-state index in [1.165, 1.54) is 5.56 Å². The van der Waals surface area contributed by atoms with Crippen LogP contribution in [0.15, 0.2) is 24.4 Å². The minimum atomic E-state index is -0.227. The Balaban J connectivity index is 1.43. The molecule has 1 atom stereocenters. The van der Waals surface area contributed by atoms with Gasteiger partial charge in [0, 0.05) is 32.9 Å². The van der Waals surface area contributed by atoms with Crippen molar-refractivity contribution in [1.29, 1.82) is 0 Å². The third-order valence-electron chi connectivity index (χ3n) is 5.70. The summed E-state index contributed by atoms with van der Waals surface area (Å²) >= 11 is 0. The monoisotopic (exact) mass is 412 g/mol. The molecule has 1 aromatic heterocycles. The van der Waals surface area contributed by atoms with Gasteiger partial charge in [-0.05, 0) is 37.0 Å². The number of nitrogens with one attached hydrogen (secondary N) is 1. The number of hydrogen-bond acceptors (Lipinski definition) is 5. The number of rotatable bonds is 6. The van der Waals surface area contributed by atoms with E-state index in [4.69, 9.17) is 9.47 Å². The van der Waals surface area contributed by atoms with E-state index in [2.05, 4.69) is 16.4 Å². The fourth-order valence-corrected chi connectivity index (χ4v) is 4.10. The number of aryl methyl sites for hydroxylation is 1. The molecular formula is C22H28N4O4. The fourth-order valence-electron chi connectivity index (χ4n) is 4.10. The Bertz CT molecular complexity index is 939. The molecule has 2 amide bonds. The van der Waals surface area contributed by atoms with Crippen molar-refractivity contribution in [1.82, 2.24) is 19.8 Å². The number of carbonyl (C=O) groups excluding carboxylic acids is 2. The number of benzene rings is 1. The third-order valence-corrected chi connectivity index (χ3v) is 5.70. The van der Waals surface area contributed by atoms with Crippen LogP contribution in [0.1, 0.15) is 46.8 Å². The van der Waals surface area contributed by atoms with E-state index < -0.39 is 0 Å². The second-order valence-electron chi connectivity index (χ2n) is 7.76. The number of hydrogen-bond donors (Lipinski definition) is 1. The lowest BCUT2D eigenvalue weighted by Crippen LogP contribution is -2.41. The van der Waals surface area contributed by atoms with Crippen molar-refractivity contribution in [3.63, 3.8) is 0 Å². The molecule has 3 heterocycles. The number of methoxy groups -OCH3 is 1. The Kier molecular flexibility index (Phi) is 6.03. The molecule has 2 aromatic rings. The summed E-state index contributed by atoms with van der Waals surface area (Å²) in [4.78, 5) is 31.7. The maximum Gasteiger partial charge on any atom is 0.271 e. The predicted molar refractivity (Wildman–Crippen MR) is 111 cm³/mol. The van der Waals surface area contributed by atoms with Gasteiger partial charge in [0.1, 0.15) is 17.3 Å². The number of fused-ring (bicyclic) bond motifs is 2. The number of ether oxygens (including phenoxy) is 2. The summed E-state index contributed by atoms with van der Waals surface area (Å²) in [5.74, 6) is 1.52. The first-order chi connectivity index (χ1) is 14.6. The Labute approximate surface area is 176 Å². The molecule has 0 fully saturated rings. The Morgan fingerprint density at radius 3 is 3.03 bits per heavy atom. The number of aromatic nitrogens is 2. The van der Waals surface area contributed by atoms with E-state index in [0.717, 1.165) is 36.6 Å².